The second kappa shape index (κ2) is 5.23. The molecule has 112 valence electrons. The average Bonchev–Trinajstić information content (AvgIpc) is 3.07. The van der Waals surface area contributed by atoms with Gasteiger partial charge in [-0.1, -0.05) is 5.21 Å². The Morgan fingerprint density at radius 1 is 1.55 bits per heavy atom. The zero-order valence-corrected chi connectivity index (χ0v) is 11.7. The summed E-state index contributed by atoms with van der Waals surface area (Å²) in [5.41, 5.74) is 1.98. The zero-order chi connectivity index (χ0) is 14.9. The second-order valence-corrected chi connectivity index (χ2v) is 5.17. The maximum absolute atomic E-state index is 12.3. The van der Waals surface area contributed by atoms with E-state index in [4.69, 9.17) is 4.74 Å². The molecule has 1 aliphatic rings. The van der Waals surface area contributed by atoms with Gasteiger partial charge < -0.3 is 15.0 Å². The molecule has 1 aliphatic heterocycles. The molecule has 4 rings (SSSR count). The Hall–Kier alpha value is -2.74. The van der Waals surface area contributed by atoms with Gasteiger partial charge in [0.25, 0.3) is 5.91 Å². The van der Waals surface area contributed by atoms with Gasteiger partial charge in [-0.25, -0.2) is 9.67 Å². The highest BCUT2D eigenvalue weighted by atomic mass is 16.6. The Morgan fingerprint density at radius 2 is 2.45 bits per heavy atom. The molecular formula is C14H14N6O2. The Balaban J connectivity index is 1.42. The molecule has 0 saturated carbocycles. The summed E-state index contributed by atoms with van der Waals surface area (Å²) >= 11 is 0. The van der Waals surface area contributed by atoms with Crippen LogP contribution in [0, 0.1) is 0 Å². The number of fused-ring (bicyclic) bond motifs is 1. The van der Waals surface area contributed by atoms with E-state index in [0.29, 0.717) is 30.0 Å². The molecule has 8 nitrogen and oxygen atoms in total. The van der Waals surface area contributed by atoms with Gasteiger partial charge in [-0.2, -0.15) is 0 Å². The molecule has 1 atom stereocenters. The van der Waals surface area contributed by atoms with E-state index < -0.39 is 0 Å². The topological polar surface area (TPSA) is 101 Å². The van der Waals surface area contributed by atoms with Crippen LogP contribution in [0.1, 0.15) is 16.1 Å². The number of epoxide rings is 1. The molecule has 3 aromatic heterocycles. The van der Waals surface area contributed by atoms with E-state index in [0.717, 1.165) is 12.0 Å². The van der Waals surface area contributed by atoms with Gasteiger partial charge >= 0.3 is 0 Å². The number of pyridine rings is 1. The first-order valence-electron chi connectivity index (χ1n) is 7.00. The quantitative estimate of drug-likeness (QED) is 0.667. The van der Waals surface area contributed by atoms with Gasteiger partial charge in [0.1, 0.15) is 17.4 Å². The molecule has 0 radical (unpaired) electrons. The minimum absolute atomic E-state index is 0.167. The summed E-state index contributed by atoms with van der Waals surface area (Å²) in [6, 6.07) is 3.66. The lowest BCUT2D eigenvalue weighted by atomic mass is 10.2. The molecular weight excluding hydrogens is 284 g/mol. The summed E-state index contributed by atoms with van der Waals surface area (Å²) in [7, 11) is 0. The van der Waals surface area contributed by atoms with Crippen LogP contribution in [-0.4, -0.2) is 43.6 Å². The van der Waals surface area contributed by atoms with Crippen molar-refractivity contribution in [2.24, 2.45) is 0 Å². The van der Waals surface area contributed by atoms with E-state index >= 15 is 0 Å². The Morgan fingerprint density at radius 3 is 3.32 bits per heavy atom. The van der Waals surface area contributed by atoms with Gasteiger partial charge in [-0.15, -0.1) is 5.10 Å². The Bertz CT molecular complexity index is 819. The number of carbonyl (C=O) groups is 1. The molecule has 1 saturated heterocycles. The highest BCUT2D eigenvalue weighted by Gasteiger charge is 2.23. The number of carbonyl (C=O) groups excluding carboxylic acids is 1. The van der Waals surface area contributed by atoms with Crippen molar-refractivity contribution in [1.29, 1.82) is 0 Å². The maximum atomic E-state index is 12.3. The normalized spacial score (nSPS) is 16.8. The first-order chi connectivity index (χ1) is 10.8. The third-order valence-electron chi connectivity index (χ3n) is 3.50. The highest BCUT2D eigenvalue weighted by Crippen LogP contribution is 2.15. The number of nitrogens with zero attached hydrogens (tertiary/aromatic N) is 4. The summed E-state index contributed by atoms with van der Waals surface area (Å²) in [6.07, 6.45) is 5.41. The van der Waals surface area contributed by atoms with E-state index in [2.05, 4.69) is 25.6 Å². The number of aromatic nitrogens is 5. The molecule has 22 heavy (non-hydrogen) atoms. The van der Waals surface area contributed by atoms with Crippen molar-refractivity contribution in [3.63, 3.8) is 0 Å². The number of nitrogens with one attached hydrogen (secondary N) is 2. The van der Waals surface area contributed by atoms with Gasteiger partial charge in [0.15, 0.2) is 0 Å². The van der Waals surface area contributed by atoms with Gasteiger partial charge in [0.05, 0.1) is 31.5 Å². The van der Waals surface area contributed by atoms with Crippen LogP contribution in [0.25, 0.3) is 11.0 Å². The van der Waals surface area contributed by atoms with Crippen molar-refractivity contribution in [1.82, 2.24) is 30.3 Å². The summed E-state index contributed by atoms with van der Waals surface area (Å²) in [5, 5.41) is 11.7. The maximum Gasteiger partial charge on any atom is 0.253 e. The van der Waals surface area contributed by atoms with Crippen molar-refractivity contribution in [3.05, 3.63) is 42.0 Å². The molecule has 0 aliphatic carbocycles. The predicted octanol–water partition coefficient (Wildman–Crippen LogP) is 0.483. The number of ether oxygens (including phenoxy) is 1. The third kappa shape index (κ3) is 2.56. The third-order valence-corrected chi connectivity index (χ3v) is 3.50. The summed E-state index contributed by atoms with van der Waals surface area (Å²) in [4.78, 5) is 19.4. The number of rotatable bonds is 5. The molecule has 8 heteroatoms. The number of hydrogen-bond donors (Lipinski definition) is 2. The van der Waals surface area contributed by atoms with E-state index in [9.17, 15) is 4.79 Å². The van der Waals surface area contributed by atoms with Crippen LogP contribution in [0.15, 0.2) is 30.7 Å². The Kier molecular flexibility index (Phi) is 3.08. The van der Waals surface area contributed by atoms with Crippen LogP contribution in [0.5, 0.6) is 0 Å². The molecule has 2 N–H and O–H groups in total. The van der Waals surface area contributed by atoms with Crippen molar-refractivity contribution < 1.29 is 9.53 Å². The van der Waals surface area contributed by atoms with Crippen LogP contribution in [-0.2, 0) is 17.8 Å². The van der Waals surface area contributed by atoms with E-state index in [1.54, 1.807) is 23.1 Å². The highest BCUT2D eigenvalue weighted by molar-refractivity contribution is 6.05. The minimum Gasteiger partial charge on any atom is -0.371 e. The fourth-order valence-electron chi connectivity index (χ4n) is 2.30. The molecule has 4 heterocycles. The number of hydrogen-bond acceptors (Lipinski definition) is 5. The summed E-state index contributed by atoms with van der Waals surface area (Å²) in [5.74, 6) is -0.167. The van der Waals surface area contributed by atoms with Gasteiger partial charge in [0, 0.05) is 17.8 Å². The number of amides is 1. The lowest BCUT2D eigenvalue weighted by Crippen LogP contribution is -2.22. The summed E-state index contributed by atoms with van der Waals surface area (Å²) in [6.45, 7) is 1.81. The van der Waals surface area contributed by atoms with Crippen LogP contribution < -0.4 is 5.32 Å². The minimum atomic E-state index is -0.167. The van der Waals surface area contributed by atoms with Gasteiger partial charge in [0.2, 0.25) is 0 Å². The van der Waals surface area contributed by atoms with E-state index in [1.165, 1.54) is 0 Å². The van der Waals surface area contributed by atoms with Gasteiger partial charge in [-0.3, -0.25) is 4.79 Å². The molecule has 1 amide bonds. The summed E-state index contributed by atoms with van der Waals surface area (Å²) < 4.78 is 6.87. The van der Waals surface area contributed by atoms with Gasteiger partial charge in [-0.05, 0) is 12.1 Å². The molecule has 3 aromatic rings. The number of aromatic amines is 1. The smallest absolute Gasteiger partial charge is 0.253 e. The predicted molar refractivity (Wildman–Crippen MR) is 77.0 cm³/mol. The molecule has 0 spiro atoms. The Labute approximate surface area is 125 Å². The second-order valence-electron chi connectivity index (χ2n) is 5.17. The largest absolute Gasteiger partial charge is 0.371 e. The van der Waals surface area contributed by atoms with Crippen molar-refractivity contribution in [2.75, 3.05) is 6.61 Å². The first kappa shape index (κ1) is 13.0. The molecule has 1 fully saturated rings. The number of H-pyrrole nitrogens is 1. The lowest BCUT2D eigenvalue weighted by Gasteiger charge is -2.01. The van der Waals surface area contributed by atoms with Crippen molar-refractivity contribution in [3.8, 4) is 0 Å². The first-order valence-corrected chi connectivity index (χ1v) is 7.00. The van der Waals surface area contributed by atoms with Crippen LogP contribution in [0.3, 0.4) is 0 Å². The fraction of sp³-hybridized carbons (Fsp3) is 0.286. The van der Waals surface area contributed by atoms with Crippen molar-refractivity contribution >= 4 is 16.9 Å². The van der Waals surface area contributed by atoms with Crippen molar-refractivity contribution in [2.45, 2.75) is 19.2 Å². The standard InChI is InChI=1S/C14H14N6O2/c21-14(12-5-16-13-11(12)2-1-3-15-13)17-4-9-6-20(19-18-9)7-10-8-22-10/h1-3,5-6,10H,4,7-8H2,(H,15,16)(H,17,21). The van der Waals surface area contributed by atoms with Crippen LogP contribution in [0.2, 0.25) is 0 Å². The SMILES string of the molecule is O=C(NCc1cn(CC2CO2)nn1)c1c[nH]c2ncccc12. The zero-order valence-electron chi connectivity index (χ0n) is 11.7. The average molecular weight is 298 g/mol. The van der Waals surface area contributed by atoms with Crippen LogP contribution in [0.4, 0.5) is 0 Å². The molecule has 1 unspecified atom stereocenters. The molecule has 0 aromatic carbocycles. The fourth-order valence-corrected chi connectivity index (χ4v) is 2.30. The monoisotopic (exact) mass is 298 g/mol. The van der Waals surface area contributed by atoms with E-state index in [-0.39, 0.29) is 12.0 Å². The lowest BCUT2D eigenvalue weighted by molar-refractivity contribution is 0.0952. The van der Waals surface area contributed by atoms with Crippen LogP contribution >= 0.6 is 0 Å². The molecule has 0 bridgehead atoms. The van der Waals surface area contributed by atoms with E-state index in [1.807, 2.05) is 12.3 Å².